The molecule has 2 aromatic rings. The number of nitrogens with zero attached hydrogens (tertiary/aromatic N) is 2. The Kier molecular flexibility index (Phi) is 5.00. The molecule has 0 atom stereocenters. The van der Waals surface area contributed by atoms with Crippen molar-refractivity contribution < 1.29 is 0 Å². The average molecular weight is 255 g/mol. The van der Waals surface area contributed by atoms with Crippen LogP contribution >= 0.6 is 0 Å². The molecule has 3 heteroatoms. The summed E-state index contributed by atoms with van der Waals surface area (Å²) in [7, 11) is 0. The van der Waals surface area contributed by atoms with E-state index in [0.29, 0.717) is 0 Å². The number of rotatable bonds is 7. The molecule has 0 aliphatic rings. The van der Waals surface area contributed by atoms with E-state index < -0.39 is 0 Å². The van der Waals surface area contributed by atoms with E-state index in [9.17, 15) is 0 Å². The second-order valence-electron chi connectivity index (χ2n) is 4.85. The van der Waals surface area contributed by atoms with Crippen LogP contribution in [0.2, 0.25) is 0 Å². The van der Waals surface area contributed by atoms with Gasteiger partial charge in [-0.3, -0.25) is 0 Å². The third-order valence-electron chi connectivity index (χ3n) is 3.39. The van der Waals surface area contributed by atoms with Crippen molar-refractivity contribution in [3.05, 3.63) is 36.0 Å². The number of nitrogens with one attached hydrogen (secondary N) is 1. The Morgan fingerprint density at radius 3 is 2.89 bits per heavy atom. The predicted molar refractivity (Wildman–Crippen MR) is 79.0 cm³/mol. The van der Waals surface area contributed by atoms with Crippen LogP contribution in [0.15, 0.2) is 30.5 Å². The maximum Gasteiger partial charge on any atom is 0.0992 e. The maximum atomic E-state index is 8.95. The Bertz CT molecular complexity index is 563. The molecule has 1 aromatic heterocycles. The Labute approximate surface area is 114 Å². The second-order valence-corrected chi connectivity index (χ2v) is 4.85. The van der Waals surface area contributed by atoms with Crippen LogP contribution in [0.5, 0.6) is 0 Å². The standard InChI is InChI=1S/C16H21N3/c1-2-3-4-8-18-9-11-19-10-7-15-6-5-14(13-17)12-16(15)19/h5-7,10,12,18H,2-4,8-9,11H2,1H3. The van der Waals surface area contributed by atoms with E-state index in [4.69, 9.17) is 5.26 Å². The molecule has 0 radical (unpaired) electrons. The summed E-state index contributed by atoms with van der Waals surface area (Å²) in [6, 6.07) is 10.2. The molecular weight excluding hydrogens is 234 g/mol. The lowest BCUT2D eigenvalue weighted by molar-refractivity contribution is 0.576. The maximum absolute atomic E-state index is 8.95. The smallest absolute Gasteiger partial charge is 0.0992 e. The van der Waals surface area contributed by atoms with Gasteiger partial charge in [0.15, 0.2) is 0 Å². The van der Waals surface area contributed by atoms with E-state index in [0.717, 1.165) is 30.7 Å². The number of hydrogen-bond donors (Lipinski definition) is 1. The first-order chi connectivity index (χ1) is 9.35. The van der Waals surface area contributed by atoms with Crippen molar-refractivity contribution in [3.8, 4) is 6.07 Å². The molecule has 0 saturated carbocycles. The van der Waals surface area contributed by atoms with Crippen LogP contribution in [0, 0.1) is 11.3 Å². The number of nitriles is 1. The minimum Gasteiger partial charge on any atom is -0.346 e. The minimum absolute atomic E-state index is 0.725. The molecule has 0 bridgehead atoms. The highest BCUT2D eigenvalue weighted by molar-refractivity contribution is 5.81. The fourth-order valence-electron chi connectivity index (χ4n) is 2.27. The first-order valence-corrected chi connectivity index (χ1v) is 7.05. The van der Waals surface area contributed by atoms with Crippen molar-refractivity contribution in [1.29, 1.82) is 5.26 Å². The van der Waals surface area contributed by atoms with Crippen LogP contribution in [0.1, 0.15) is 31.7 Å². The van der Waals surface area contributed by atoms with E-state index in [2.05, 4.69) is 35.1 Å². The number of fused-ring (bicyclic) bond motifs is 1. The van der Waals surface area contributed by atoms with Gasteiger partial charge >= 0.3 is 0 Å². The van der Waals surface area contributed by atoms with Gasteiger partial charge in [-0.25, -0.2) is 0 Å². The van der Waals surface area contributed by atoms with Crippen molar-refractivity contribution in [2.24, 2.45) is 0 Å². The second kappa shape index (κ2) is 6.96. The van der Waals surface area contributed by atoms with Crippen molar-refractivity contribution in [2.75, 3.05) is 13.1 Å². The van der Waals surface area contributed by atoms with Crippen molar-refractivity contribution >= 4 is 10.9 Å². The molecule has 0 fully saturated rings. The molecule has 0 unspecified atom stereocenters. The molecule has 1 heterocycles. The van der Waals surface area contributed by atoms with Gasteiger partial charge in [-0.1, -0.05) is 25.8 Å². The van der Waals surface area contributed by atoms with Gasteiger partial charge in [-0.2, -0.15) is 5.26 Å². The lowest BCUT2D eigenvalue weighted by atomic mass is 10.2. The molecular formula is C16H21N3. The first kappa shape index (κ1) is 13.6. The van der Waals surface area contributed by atoms with Crippen molar-refractivity contribution in [3.63, 3.8) is 0 Å². The largest absolute Gasteiger partial charge is 0.346 e. The quantitative estimate of drug-likeness (QED) is 0.771. The average Bonchev–Trinajstić information content (AvgIpc) is 2.85. The molecule has 1 aromatic carbocycles. The molecule has 0 saturated heterocycles. The fraction of sp³-hybridized carbons (Fsp3) is 0.438. The first-order valence-electron chi connectivity index (χ1n) is 7.05. The molecule has 0 aliphatic carbocycles. The SMILES string of the molecule is CCCCCNCCn1ccc2ccc(C#N)cc21. The Morgan fingerprint density at radius 2 is 2.11 bits per heavy atom. The highest BCUT2D eigenvalue weighted by atomic mass is 15.0. The summed E-state index contributed by atoms with van der Waals surface area (Å²) >= 11 is 0. The summed E-state index contributed by atoms with van der Waals surface area (Å²) in [4.78, 5) is 0. The van der Waals surface area contributed by atoms with E-state index in [1.54, 1.807) is 0 Å². The van der Waals surface area contributed by atoms with Crippen LogP contribution in [0.3, 0.4) is 0 Å². The minimum atomic E-state index is 0.725. The lowest BCUT2D eigenvalue weighted by Gasteiger charge is -2.07. The molecule has 1 N–H and O–H groups in total. The Hall–Kier alpha value is -1.79. The highest BCUT2D eigenvalue weighted by Crippen LogP contribution is 2.17. The molecule has 19 heavy (non-hydrogen) atoms. The van der Waals surface area contributed by atoms with E-state index >= 15 is 0 Å². The number of hydrogen-bond acceptors (Lipinski definition) is 2. The topological polar surface area (TPSA) is 40.8 Å². The van der Waals surface area contributed by atoms with Crippen molar-refractivity contribution in [2.45, 2.75) is 32.7 Å². The van der Waals surface area contributed by atoms with Gasteiger partial charge in [0.2, 0.25) is 0 Å². The third-order valence-corrected chi connectivity index (χ3v) is 3.39. The Morgan fingerprint density at radius 1 is 1.21 bits per heavy atom. The van der Waals surface area contributed by atoms with Gasteiger partial charge in [0.05, 0.1) is 11.6 Å². The van der Waals surface area contributed by atoms with E-state index in [-0.39, 0.29) is 0 Å². The van der Waals surface area contributed by atoms with Crippen LogP contribution in [0.4, 0.5) is 0 Å². The molecule has 3 nitrogen and oxygen atoms in total. The molecule has 100 valence electrons. The summed E-state index contributed by atoms with van der Waals surface area (Å²) in [5.41, 5.74) is 1.87. The summed E-state index contributed by atoms with van der Waals surface area (Å²) in [5, 5.41) is 13.6. The number of benzene rings is 1. The zero-order valence-corrected chi connectivity index (χ0v) is 11.5. The number of aromatic nitrogens is 1. The third kappa shape index (κ3) is 3.59. The predicted octanol–water partition coefficient (Wildman–Crippen LogP) is 3.29. The van der Waals surface area contributed by atoms with Crippen LogP contribution in [-0.4, -0.2) is 17.7 Å². The van der Waals surface area contributed by atoms with Crippen LogP contribution in [0.25, 0.3) is 10.9 Å². The van der Waals surface area contributed by atoms with Gasteiger partial charge < -0.3 is 9.88 Å². The van der Waals surface area contributed by atoms with E-state index in [1.165, 1.54) is 24.6 Å². The summed E-state index contributed by atoms with van der Waals surface area (Å²) in [6.45, 7) is 5.24. The molecule has 0 aliphatic heterocycles. The Balaban J connectivity index is 1.92. The van der Waals surface area contributed by atoms with Gasteiger partial charge in [0.25, 0.3) is 0 Å². The zero-order chi connectivity index (χ0) is 13.5. The van der Waals surface area contributed by atoms with Crippen LogP contribution in [-0.2, 0) is 6.54 Å². The van der Waals surface area contributed by atoms with Crippen molar-refractivity contribution in [1.82, 2.24) is 9.88 Å². The van der Waals surface area contributed by atoms with Gasteiger partial charge in [0.1, 0.15) is 0 Å². The van der Waals surface area contributed by atoms with Gasteiger partial charge in [0, 0.05) is 24.8 Å². The monoisotopic (exact) mass is 255 g/mol. The summed E-state index contributed by atoms with van der Waals surface area (Å²) < 4.78 is 2.21. The summed E-state index contributed by atoms with van der Waals surface area (Å²) in [6.07, 6.45) is 5.91. The fourth-order valence-corrected chi connectivity index (χ4v) is 2.27. The van der Waals surface area contributed by atoms with E-state index in [1.807, 2.05) is 18.2 Å². The normalized spacial score (nSPS) is 10.7. The zero-order valence-electron chi connectivity index (χ0n) is 11.5. The number of unbranched alkanes of at least 4 members (excludes halogenated alkanes) is 2. The molecule has 2 rings (SSSR count). The van der Waals surface area contributed by atoms with Crippen LogP contribution < -0.4 is 5.32 Å². The molecule has 0 amide bonds. The summed E-state index contributed by atoms with van der Waals surface area (Å²) in [5.74, 6) is 0. The molecule has 0 spiro atoms. The van der Waals surface area contributed by atoms with Gasteiger partial charge in [-0.15, -0.1) is 0 Å². The highest BCUT2D eigenvalue weighted by Gasteiger charge is 2.01. The van der Waals surface area contributed by atoms with Gasteiger partial charge in [-0.05, 0) is 36.6 Å². The lowest BCUT2D eigenvalue weighted by Crippen LogP contribution is -2.20.